The van der Waals surface area contributed by atoms with Crippen molar-refractivity contribution in [3.05, 3.63) is 48.6 Å². The summed E-state index contributed by atoms with van der Waals surface area (Å²) in [5, 5.41) is 19.4. The van der Waals surface area contributed by atoms with Crippen LogP contribution in [0.3, 0.4) is 0 Å². The van der Waals surface area contributed by atoms with Gasteiger partial charge in [-0.1, -0.05) is 133 Å². The van der Waals surface area contributed by atoms with Gasteiger partial charge >= 0.3 is 11.9 Å². The summed E-state index contributed by atoms with van der Waals surface area (Å²) in [5.74, 6) is -0.701. The summed E-state index contributed by atoms with van der Waals surface area (Å²) in [7, 11) is 0. The third kappa shape index (κ3) is 29.3. The first-order chi connectivity index (χ1) is 20.5. The van der Waals surface area contributed by atoms with Crippen molar-refractivity contribution < 1.29 is 29.3 Å². The van der Waals surface area contributed by atoms with E-state index in [1.54, 1.807) is 6.08 Å². The average Bonchev–Trinajstić information content (AvgIpc) is 2.98. The number of allylic oxidation sites excluding steroid dienone is 6. The Balaban J connectivity index is 3.81. The van der Waals surface area contributed by atoms with Gasteiger partial charge in [0.25, 0.3) is 0 Å². The molecule has 6 nitrogen and oxygen atoms in total. The van der Waals surface area contributed by atoms with E-state index in [-0.39, 0.29) is 25.6 Å². The van der Waals surface area contributed by atoms with E-state index in [4.69, 9.17) is 9.47 Å². The summed E-state index contributed by atoms with van der Waals surface area (Å²) < 4.78 is 10.5. The molecule has 0 bridgehead atoms. The Morgan fingerprint density at radius 2 is 1.26 bits per heavy atom. The molecule has 0 aromatic heterocycles. The zero-order valence-electron chi connectivity index (χ0n) is 26.9. The minimum Gasteiger partial charge on any atom is -0.462 e. The zero-order chi connectivity index (χ0) is 30.9. The second-order valence-corrected chi connectivity index (χ2v) is 11.1. The number of carbonyl (C=O) groups is 2. The summed E-state index contributed by atoms with van der Waals surface area (Å²) >= 11 is 0. The van der Waals surface area contributed by atoms with E-state index in [1.807, 2.05) is 36.5 Å². The van der Waals surface area contributed by atoms with E-state index in [9.17, 15) is 19.8 Å². The number of esters is 2. The molecule has 0 spiro atoms. The second kappa shape index (κ2) is 31.7. The second-order valence-electron chi connectivity index (χ2n) is 11.1. The van der Waals surface area contributed by atoms with Crippen LogP contribution in [0.1, 0.15) is 142 Å². The molecule has 2 atom stereocenters. The standard InChI is InChI=1S/C36H62O6/c1-3-5-7-9-11-12-13-17-21-25-29-35(39)41-32-34(31-37)42-36(40)30-26-22-18-15-14-16-20-24-28-33(38)27-23-19-10-8-6-4-2/h15-16,18-20,23-24,28,33-34,37-38H,3-14,17,21-22,25-27,29-32H2,1-2H3/b18-15-,20-16-,23-19-,28-24+/t33-,34-/m0/s1. The first-order valence-electron chi connectivity index (χ1n) is 16.8. The van der Waals surface area contributed by atoms with Crippen LogP contribution in [0.2, 0.25) is 0 Å². The number of rotatable bonds is 29. The fourth-order valence-electron chi connectivity index (χ4n) is 4.33. The normalized spacial score (nSPS) is 13.5. The van der Waals surface area contributed by atoms with Crippen molar-refractivity contribution in [2.45, 2.75) is 154 Å². The molecule has 0 heterocycles. The Morgan fingerprint density at radius 1 is 0.667 bits per heavy atom. The van der Waals surface area contributed by atoms with Crippen molar-refractivity contribution in [2.24, 2.45) is 0 Å². The Labute approximate surface area is 257 Å². The predicted octanol–water partition coefficient (Wildman–Crippen LogP) is 8.86. The van der Waals surface area contributed by atoms with Gasteiger partial charge in [0.2, 0.25) is 0 Å². The first-order valence-corrected chi connectivity index (χ1v) is 16.8. The molecule has 42 heavy (non-hydrogen) atoms. The third-order valence-electron chi connectivity index (χ3n) is 6.96. The quantitative estimate of drug-likeness (QED) is 0.0391. The van der Waals surface area contributed by atoms with Crippen LogP contribution < -0.4 is 0 Å². The third-order valence-corrected chi connectivity index (χ3v) is 6.96. The molecule has 0 unspecified atom stereocenters. The molecule has 0 aliphatic heterocycles. The molecule has 0 aliphatic carbocycles. The van der Waals surface area contributed by atoms with E-state index in [0.717, 1.165) is 38.5 Å². The summed E-state index contributed by atoms with van der Waals surface area (Å²) in [6.45, 7) is 3.95. The molecule has 6 heteroatoms. The van der Waals surface area contributed by atoms with Crippen LogP contribution in [-0.2, 0) is 19.1 Å². The largest absolute Gasteiger partial charge is 0.462 e. The van der Waals surface area contributed by atoms with Gasteiger partial charge in [-0.15, -0.1) is 0 Å². The van der Waals surface area contributed by atoms with Gasteiger partial charge in [-0.2, -0.15) is 0 Å². The number of unbranched alkanes of at least 4 members (excludes halogenated alkanes) is 13. The lowest BCUT2D eigenvalue weighted by Crippen LogP contribution is -2.28. The molecular formula is C36H62O6. The highest BCUT2D eigenvalue weighted by Gasteiger charge is 2.15. The highest BCUT2D eigenvalue weighted by molar-refractivity contribution is 5.70. The average molecular weight is 591 g/mol. The number of carbonyl (C=O) groups excluding carboxylic acids is 2. The zero-order valence-corrected chi connectivity index (χ0v) is 26.9. The van der Waals surface area contributed by atoms with Gasteiger partial charge in [-0.25, -0.2) is 0 Å². The Morgan fingerprint density at radius 3 is 1.95 bits per heavy atom. The minimum absolute atomic E-state index is 0.105. The van der Waals surface area contributed by atoms with Crippen molar-refractivity contribution >= 4 is 11.9 Å². The maximum absolute atomic E-state index is 12.1. The van der Waals surface area contributed by atoms with E-state index in [0.29, 0.717) is 19.3 Å². The molecule has 0 aromatic carbocycles. The highest BCUT2D eigenvalue weighted by atomic mass is 16.6. The van der Waals surface area contributed by atoms with Crippen LogP contribution in [0.5, 0.6) is 0 Å². The smallest absolute Gasteiger partial charge is 0.306 e. The van der Waals surface area contributed by atoms with Crippen molar-refractivity contribution in [3.8, 4) is 0 Å². The van der Waals surface area contributed by atoms with Gasteiger partial charge in [0, 0.05) is 12.8 Å². The molecule has 0 aliphatic rings. The van der Waals surface area contributed by atoms with Gasteiger partial charge in [0.15, 0.2) is 6.10 Å². The van der Waals surface area contributed by atoms with E-state index in [2.05, 4.69) is 19.9 Å². The lowest BCUT2D eigenvalue weighted by Gasteiger charge is -2.15. The number of ether oxygens (including phenoxy) is 2. The molecule has 0 saturated carbocycles. The van der Waals surface area contributed by atoms with Gasteiger partial charge in [-0.05, 0) is 44.9 Å². The van der Waals surface area contributed by atoms with Gasteiger partial charge in [0.05, 0.1) is 12.7 Å². The van der Waals surface area contributed by atoms with Crippen LogP contribution in [0.25, 0.3) is 0 Å². The Hall–Kier alpha value is -2.18. The van der Waals surface area contributed by atoms with E-state index < -0.39 is 18.2 Å². The molecule has 0 amide bonds. The molecule has 0 aromatic rings. The van der Waals surface area contributed by atoms with Crippen LogP contribution in [0.4, 0.5) is 0 Å². The predicted molar refractivity (Wildman–Crippen MR) is 174 cm³/mol. The monoisotopic (exact) mass is 590 g/mol. The van der Waals surface area contributed by atoms with Crippen LogP contribution in [0, 0.1) is 0 Å². The number of aliphatic hydroxyl groups excluding tert-OH is 2. The maximum atomic E-state index is 12.1. The van der Waals surface area contributed by atoms with Gasteiger partial charge in [0.1, 0.15) is 6.61 Å². The Kier molecular flexibility index (Phi) is 30.1. The van der Waals surface area contributed by atoms with Crippen LogP contribution in [-0.4, -0.2) is 47.6 Å². The number of hydrogen-bond donors (Lipinski definition) is 2. The molecule has 0 saturated heterocycles. The SMILES string of the molecule is CCCCC/C=C\C[C@H](O)/C=C/C=C\C/C=C\CCCC(=O)O[C@@H](CO)COC(=O)CCCCCCCCCCCC. The fourth-order valence-corrected chi connectivity index (χ4v) is 4.33. The topological polar surface area (TPSA) is 93.1 Å². The van der Waals surface area contributed by atoms with Gasteiger partial charge in [-0.3, -0.25) is 9.59 Å². The molecule has 2 N–H and O–H groups in total. The van der Waals surface area contributed by atoms with Crippen LogP contribution in [0.15, 0.2) is 48.6 Å². The van der Waals surface area contributed by atoms with Crippen molar-refractivity contribution in [1.82, 2.24) is 0 Å². The molecule has 0 fully saturated rings. The lowest BCUT2D eigenvalue weighted by molar-refractivity contribution is -0.161. The van der Waals surface area contributed by atoms with Crippen LogP contribution >= 0.6 is 0 Å². The highest BCUT2D eigenvalue weighted by Crippen LogP contribution is 2.12. The van der Waals surface area contributed by atoms with Gasteiger partial charge < -0.3 is 19.7 Å². The molecule has 242 valence electrons. The molecular weight excluding hydrogens is 528 g/mol. The van der Waals surface area contributed by atoms with Crippen molar-refractivity contribution in [3.63, 3.8) is 0 Å². The first kappa shape index (κ1) is 39.8. The van der Waals surface area contributed by atoms with E-state index >= 15 is 0 Å². The van der Waals surface area contributed by atoms with E-state index in [1.165, 1.54) is 64.2 Å². The number of hydrogen-bond acceptors (Lipinski definition) is 6. The number of aliphatic hydroxyl groups is 2. The summed E-state index contributed by atoms with van der Waals surface area (Å²) in [5.41, 5.74) is 0. The summed E-state index contributed by atoms with van der Waals surface area (Å²) in [6.07, 6.45) is 34.8. The minimum atomic E-state index is -0.816. The Bertz CT molecular complexity index is 739. The maximum Gasteiger partial charge on any atom is 0.306 e. The summed E-state index contributed by atoms with van der Waals surface area (Å²) in [4.78, 5) is 24.0. The summed E-state index contributed by atoms with van der Waals surface area (Å²) in [6, 6.07) is 0. The van der Waals surface area contributed by atoms with Crippen molar-refractivity contribution in [1.29, 1.82) is 0 Å². The lowest BCUT2D eigenvalue weighted by atomic mass is 10.1. The van der Waals surface area contributed by atoms with Crippen molar-refractivity contribution in [2.75, 3.05) is 13.2 Å². The fraction of sp³-hybridized carbons (Fsp3) is 0.722. The molecule has 0 radical (unpaired) electrons. The molecule has 0 rings (SSSR count).